The maximum absolute atomic E-state index is 13.3. The van der Waals surface area contributed by atoms with E-state index in [0.717, 1.165) is 18.9 Å². The summed E-state index contributed by atoms with van der Waals surface area (Å²) >= 11 is 0. The fraction of sp³-hybridized carbons (Fsp3) is 0.455. The normalized spacial score (nSPS) is 14.7. The van der Waals surface area contributed by atoms with Gasteiger partial charge in [-0.25, -0.2) is 4.39 Å². The van der Waals surface area contributed by atoms with Crippen molar-refractivity contribution in [2.24, 2.45) is 0 Å². The molecule has 0 amide bonds. The van der Waals surface area contributed by atoms with E-state index in [9.17, 15) is 14.5 Å². The lowest BCUT2D eigenvalue weighted by Gasteiger charge is -2.23. The lowest BCUT2D eigenvalue weighted by Crippen LogP contribution is -2.28. The molecule has 0 saturated heterocycles. The van der Waals surface area contributed by atoms with Gasteiger partial charge in [0.2, 0.25) is 0 Å². The molecule has 1 fully saturated rings. The van der Waals surface area contributed by atoms with Gasteiger partial charge in [-0.05, 0) is 18.9 Å². The number of halogens is 1. The summed E-state index contributed by atoms with van der Waals surface area (Å²) in [4.78, 5) is 11.8. The third-order valence-electron chi connectivity index (χ3n) is 2.74. The first-order valence-corrected chi connectivity index (χ1v) is 5.44. The van der Waals surface area contributed by atoms with Crippen molar-refractivity contribution in [3.63, 3.8) is 0 Å². The molecule has 0 radical (unpaired) electrons. The fourth-order valence-corrected chi connectivity index (χ4v) is 1.85. The number of aliphatic hydroxyl groups is 1. The van der Waals surface area contributed by atoms with Gasteiger partial charge < -0.3 is 10.0 Å². The minimum atomic E-state index is -0.627. The van der Waals surface area contributed by atoms with Gasteiger partial charge in [0.05, 0.1) is 17.6 Å². The highest BCUT2D eigenvalue weighted by Crippen LogP contribution is 2.33. The number of aliphatic hydroxyl groups excluding tert-OH is 1. The van der Waals surface area contributed by atoms with Crippen LogP contribution >= 0.6 is 0 Å². The lowest BCUT2D eigenvalue weighted by atomic mass is 10.2. The molecule has 0 spiro atoms. The Morgan fingerprint density at radius 1 is 1.47 bits per heavy atom. The molecule has 0 unspecified atom stereocenters. The van der Waals surface area contributed by atoms with Crippen LogP contribution in [0, 0.1) is 15.9 Å². The van der Waals surface area contributed by atoms with Crippen LogP contribution in [0.1, 0.15) is 12.8 Å². The van der Waals surface area contributed by atoms with E-state index in [4.69, 9.17) is 5.11 Å². The molecular weight excluding hydrogens is 227 g/mol. The lowest BCUT2D eigenvalue weighted by molar-refractivity contribution is -0.385. The number of anilines is 1. The van der Waals surface area contributed by atoms with Gasteiger partial charge in [0.1, 0.15) is 5.82 Å². The number of hydrogen-bond acceptors (Lipinski definition) is 4. The number of nitro benzene ring substituents is 1. The second kappa shape index (κ2) is 4.67. The molecule has 5 nitrogen and oxygen atoms in total. The van der Waals surface area contributed by atoms with Gasteiger partial charge >= 0.3 is 0 Å². The van der Waals surface area contributed by atoms with Gasteiger partial charge in [0.15, 0.2) is 0 Å². The topological polar surface area (TPSA) is 66.6 Å². The average molecular weight is 240 g/mol. The number of hydrogen-bond donors (Lipinski definition) is 1. The highest BCUT2D eigenvalue weighted by atomic mass is 19.1. The van der Waals surface area contributed by atoms with E-state index >= 15 is 0 Å². The molecule has 17 heavy (non-hydrogen) atoms. The Bertz CT molecular complexity index is 435. The minimum absolute atomic E-state index is 0.0548. The van der Waals surface area contributed by atoms with Crippen molar-refractivity contribution in [1.82, 2.24) is 0 Å². The first kappa shape index (κ1) is 11.8. The van der Waals surface area contributed by atoms with E-state index in [1.165, 1.54) is 12.1 Å². The van der Waals surface area contributed by atoms with E-state index < -0.39 is 10.7 Å². The van der Waals surface area contributed by atoms with Crippen molar-refractivity contribution in [2.45, 2.75) is 18.9 Å². The number of nitrogens with zero attached hydrogens (tertiary/aromatic N) is 2. The van der Waals surface area contributed by atoms with Crippen LogP contribution in [0.15, 0.2) is 18.2 Å². The predicted molar refractivity (Wildman–Crippen MR) is 60.5 cm³/mol. The Hall–Kier alpha value is -1.69. The molecule has 1 aromatic rings. The second-order valence-corrected chi connectivity index (χ2v) is 4.07. The molecule has 0 atom stereocenters. The second-order valence-electron chi connectivity index (χ2n) is 4.07. The Kier molecular flexibility index (Phi) is 3.23. The van der Waals surface area contributed by atoms with Gasteiger partial charge in [-0.1, -0.05) is 0 Å². The predicted octanol–water partition coefficient (Wildman–Crippen LogP) is 1.69. The maximum atomic E-state index is 13.3. The molecular formula is C11H13FN2O3. The van der Waals surface area contributed by atoms with Crippen LogP contribution in [-0.2, 0) is 0 Å². The zero-order chi connectivity index (χ0) is 12.4. The summed E-state index contributed by atoms with van der Waals surface area (Å²) in [7, 11) is 0. The zero-order valence-corrected chi connectivity index (χ0v) is 9.17. The Morgan fingerprint density at radius 3 is 2.71 bits per heavy atom. The summed E-state index contributed by atoms with van der Waals surface area (Å²) in [6.45, 7) is 0.312. The smallest absolute Gasteiger partial charge is 0.274 e. The summed E-state index contributed by atoms with van der Waals surface area (Å²) in [6, 6.07) is 3.77. The molecule has 0 aliphatic heterocycles. The van der Waals surface area contributed by atoms with Crippen molar-refractivity contribution in [3.05, 3.63) is 34.1 Å². The molecule has 2 rings (SSSR count). The van der Waals surface area contributed by atoms with E-state index in [1.54, 1.807) is 0 Å². The summed E-state index contributed by atoms with van der Waals surface area (Å²) in [5.41, 5.74) is 0.205. The van der Waals surface area contributed by atoms with Crippen LogP contribution in [0.2, 0.25) is 0 Å². The van der Waals surface area contributed by atoms with Crippen molar-refractivity contribution in [2.75, 3.05) is 18.1 Å². The Balaban J connectivity index is 2.31. The minimum Gasteiger partial charge on any atom is -0.395 e. The van der Waals surface area contributed by atoms with Crippen molar-refractivity contribution in [1.29, 1.82) is 0 Å². The maximum Gasteiger partial charge on any atom is 0.274 e. The summed E-state index contributed by atoms with van der Waals surface area (Å²) < 4.78 is 13.3. The molecule has 1 saturated carbocycles. The number of rotatable bonds is 5. The molecule has 1 aromatic carbocycles. The third-order valence-corrected chi connectivity index (χ3v) is 2.74. The van der Waals surface area contributed by atoms with E-state index in [0.29, 0.717) is 12.2 Å². The number of non-ortho nitro benzene ring substituents is 1. The van der Waals surface area contributed by atoms with Crippen molar-refractivity contribution < 1.29 is 14.4 Å². The molecule has 92 valence electrons. The summed E-state index contributed by atoms with van der Waals surface area (Å²) in [6.07, 6.45) is 1.95. The quantitative estimate of drug-likeness (QED) is 0.628. The third kappa shape index (κ3) is 2.71. The highest BCUT2D eigenvalue weighted by molar-refractivity contribution is 5.55. The molecule has 0 bridgehead atoms. The van der Waals surface area contributed by atoms with Crippen molar-refractivity contribution in [3.8, 4) is 0 Å². The average Bonchev–Trinajstić information content (AvgIpc) is 3.08. The number of nitro groups is 1. The molecule has 1 aliphatic rings. The van der Waals surface area contributed by atoms with Gasteiger partial charge in [0.25, 0.3) is 5.69 Å². The Labute approximate surface area is 97.6 Å². The van der Waals surface area contributed by atoms with Gasteiger partial charge in [-0.2, -0.15) is 0 Å². The van der Waals surface area contributed by atoms with Crippen molar-refractivity contribution >= 4 is 11.4 Å². The molecule has 0 heterocycles. The van der Waals surface area contributed by atoms with Crippen LogP contribution in [0.4, 0.5) is 15.8 Å². The van der Waals surface area contributed by atoms with Crippen LogP contribution in [0.25, 0.3) is 0 Å². The van der Waals surface area contributed by atoms with Crippen LogP contribution in [-0.4, -0.2) is 29.2 Å². The van der Waals surface area contributed by atoms with Gasteiger partial charge in [-0.15, -0.1) is 0 Å². The monoisotopic (exact) mass is 240 g/mol. The molecule has 1 aliphatic carbocycles. The summed E-state index contributed by atoms with van der Waals surface area (Å²) in [5, 5.41) is 19.6. The largest absolute Gasteiger partial charge is 0.395 e. The first-order valence-electron chi connectivity index (χ1n) is 5.44. The highest BCUT2D eigenvalue weighted by Gasteiger charge is 2.29. The fourth-order valence-electron chi connectivity index (χ4n) is 1.85. The van der Waals surface area contributed by atoms with Gasteiger partial charge in [0, 0.05) is 24.3 Å². The van der Waals surface area contributed by atoms with E-state index in [2.05, 4.69) is 0 Å². The summed E-state index contributed by atoms with van der Waals surface area (Å²) in [5.74, 6) is -0.627. The molecule has 0 aromatic heterocycles. The molecule has 6 heteroatoms. The van der Waals surface area contributed by atoms with E-state index in [-0.39, 0.29) is 18.3 Å². The van der Waals surface area contributed by atoms with Crippen LogP contribution in [0.3, 0.4) is 0 Å². The van der Waals surface area contributed by atoms with E-state index in [1.807, 2.05) is 4.90 Å². The first-order chi connectivity index (χ1) is 8.11. The Morgan fingerprint density at radius 2 is 2.18 bits per heavy atom. The standard InChI is InChI=1S/C11H13FN2O3/c12-8-5-10(7-11(6-8)14(16)17)13(3-4-15)9-1-2-9/h5-7,9,15H,1-4H2. The SMILES string of the molecule is O=[N+]([O-])c1cc(F)cc(N(CCO)C2CC2)c1. The molecule has 1 N–H and O–H groups in total. The number of benzene rings is 1. The van der Waals surface area contributed by atoms with Gasteiger partial charge in [-0.3, -0.25) is 10.1 Å². The van der Waals surface area contributed by atoms with Crippen LogP contribution in [0.5, 0.6) is 0 Å². The van der Waals surface area contributed by atoms with Crippen LogP contribution < -0.4 is 4.90 Å². The zero-order valence-electron chi connectivity index (χ0n) is 9.17.